The van der Waals surface area contributed by atoms with Gasteiger partial charge in [-0.1, -0.05) is 64.0 Å². The van der Waals surface area contributed by atoms with E-state index in [-0.39, 0.29) is 34.0 Å². The number of fused-ring (bicyclic) bond motifs is 1. The van der Waals surface area contributed by atoms with Gasteiger partial charge in [0.2, 0.25) is 5.43 Å². The van der Waals surface area contributed by atoms with Crippen molar-refractivity contribution in [3.05, 3.63) is 100 Å². The number of carbonyl (C=O) groups is 1. The molecule has 3 heterocycles. The Bertz CT molecular complexity index is 1700. The number of nitrogens with zero attached hydrogens (tertiary/aromatic N) is 1. The number of aromatic carboxylic acids is 1. The molecule has 0 spiro atoms. The van der Waals surface area contributed by atoms with E-state index in [1.54, 1.807) is 6.07 Å². The number of hydrogen-bond donors (Lipinski definition) is 4. The summed E-state index contributed by atoms with van der Waals surface area (Å²) in [6.07, 6.45) is 13.7. The molecule has 8 nitrogen and oxygen atoms in total. The van der Waals surface area contributed by atoms with Crippen LogP contribution in [0.4, 0.5) is 29.1 Å². The van der Waals surface area contributed by atoms with Crippen LogP contribution in [0.3, 0.4) is 0 Å². The summed E-state index contributed by atoms with van der Waals surface area (Å²) in [6, 6.07) is 11.1. The van der Waals surface area contributed by atoms with E-state index in [0.717, 1.165) is 25.6 Å². The number of aromatic amines is 1. The van der Waals surface area contributed by atoms with E-state index in [0.29, 0.717) is 11.3 Å². The van der Waals surface area contributed by atoms with Crippen molar-refractivity contribution < 1.29 is 32.2 Å². The largest absolute Gasteiger partial charge is 0.477 e. The monoisotopic (exact) mass is 654 g/mol. The number of H-pyrrole nitrogens is 1. The number of halogens is 4. The Labute approximate surface area is 270 Å². The van der Waals surface area contributed by atoms with Crippen LogP contribution in [0.2, 0.25) is 0 Å². The zero-order valence-electron chi connectivity index (χ0n) is 26.1. The predicted octanol–water partition coefficient (Wildman–Crippen LogP) is 8.96. The SMILES string of the molecule is CCCCCCCCCCNc1ccc(Oc2ccnc3c2C(F)(F)CN3)c(F)c1.O=C(O)c1c[nH]cc(-c2ccc(F)cc2)c1=O. The molecule has 4 N–H and O–H groups in total. The molecule has 0 radical (unpaired) electrons. The summed E-state index contributed by atoms with van der Waals surface area (Å²) < 4.78 is 60.9. The Hall–Kier alpha value is -4.87. The van der Waals surface area contributed by atoms with E-state index >= 15 is 0 Å². The van der Waals surface area contributed by atoms with Crippen LogP contribution in [0.5, 0.6) is 11.5 Å². The van der Waals surface area contributed by atoms with E-state index in [1.165, 1.54) is 93.4 Å². The number of pyridine rings is 2. The lowest BCUT2D eigenvalue weighted by molar-refractivity contribution is 0.0166. The molecule has 0 atom stereocenters. The van der Waals surface area contributed by atoms with Gasteiger partial charge < -0.3 is 25.5 Å². The van der Waals surface area contributed by atoms with Gasteiger partial charge in [-0.05, 0) is 42.3 Å². The summed E-state index contributed by atoms with van der Waals surface area (Å²) >= 11 is 0. The first-order chi connectivity index (χ1) is 22.6. The van der Waals surface area contributed by atoms with E-state index in [2.05, 4.69) is 27.5 Å². The standard InChI is InChI=1S/C23H30F3N3O.C12H8FNO3/c1-2-3-4-5-6-7-8-9-13-27-17-10-11-19(18(24)15-17)30-20-12-14-28-22-21(20)23(25,26)16-29-22;13-8-3-1-7(2-4-8)9-5-14-6-10(11(9)15)12(16)17/h10-12,14-15,27H,2-9,13,16H2,1H3,(H,28,29);1-6H,(H,14,15)(H,16,17). The minimum absolute atomic E-state index is 0.0709. The number of ether oxygens (including phenoxy) is 1. The van der Waals surface area contributed by atoms with Crippen LogP contribution >= 0.6 is 0 Å². The number of nitrogens with one attached hydrogen (secondary N) is 3. The minimum Gasteiger partial charge on any atom is -0.477 e. The van der Waals surface area contributed by atoms with Gasteiger partial charge in [-0.2, -0.15) is 8.78 Å². The predicted molar refractivity (Wildman–Crippen MR) is 174 cm³/mol. The Morgan fingerprint density at radius 2 is 1.66 bits per heavy atom. The molecular weight excluding hydrogens is 616 g/mol. The fourth-order valence-corrected chi connectivity index (χ4v) is 5.09. The van der Waals surface area contributed by atoms with Crippen LogP contribution in [0.15, 0.2) is 71.9 Å². The van der Waals surface area contributed by atoms with Crippen LogP contribution in [-0.4, -0.2) is 34.1 Å². The first kappa shape index (κ1) is 35.0. The lowest BCUT2D eigenvalue weighted by atomic mass is 10.1. The van der Waals surface area contributed by atoms with Crippen molar-refractivity contribution in [1.29, 1.82) is 0 Å². The highest BCUT2D eigenvalue weighted by Gasteiger charge is 2.43. The van der Waals surface area contributed by atoms with Crippen LogP contribution in [0, 0.1) is 11.6 Å². The molecule has 250 valence electrons. The van der Waals surface area contributed by atoms with Gasteiger partial charge in [0.25, 0.3) is 5.92 Å². The van der Waals surface area contributed by atoms with Crippen molar-refractivity contribution in [3.8, 4) is 22.6 Å². The Morgan fingerprint density at radius 1 is 0.957 bits per heavy atom. The zero-order chi connectivity index (χ0) is 33.8. The van der Waals surface area contributed by atoms with Crippen molar-refractivity contribution >= 4 is 17.5 Å². The second-order valence-electron chi connectivity index (χ2n) is 11.2. The number of anilines is 2. The Balaban J connectivity index is 0.000000248. The van der Waals surface area contributed by atoms with Crippen LogP contribution in [0.25, 0.3) is 11.1 Å². The van der Waals surface area contributed by atoms with Gasteiger partial charge in [0.15, 0.2) is 11.6 Å². The Kier molecular flexibility index (Phi) is 12.4. The molecular formula is C35H38F4N4O4. The molecule has 1 aliphatic rings. The first-order valence-corrected chi connectivity index (χ1v) is 15.6. The van der Waals surface area contributed by atoms with Crippen molar-refractivity contribution in [1.82, 2.24) is 9.97 Å². The van der Waals surface area contributed by atoms with Gasteiger partial charge >= 0.3 is 5.97 Å². The van der Waals surface area contributed by atoms with Gasteiger partial charge in [-0.15, -0.1) is 0 Å². The summed E-state index contributed by atoms with van der Waals surface area (Å²) in [5.74, 6) is -5.53. The molecule has 0 fully saturated rings. The second-order valence-corrected chi connectivity index (χ2v) is 11.2. The van der Waals surface area contributed by atoms with Crippen molar-refractivity contribution in [2.24, 2.45) is 0 Å². The number of carboxylic acids is 1. The average molecular weight is 655 g/mol. The van der Waals surface area contributed by atoms with Gasteiger partial charge in [0.05, 0.1) is 6.54 Å². The Morgan fingerprint density at radius 3 is 2.34 bits per heavy atom. The number of benzene rings is 2. The molecule has 0 saturated carbocycles. The topological polar surface area (TPSA) is 116 Å². The van der Waals surface area contributed by atoms with Crippen molar-refractivity contribution in [2.45, 2.75) is 64.2 Å². The zero-order valence-corrected chi connectivity index (χ0v) is 26.1. The number of hydrogen-bond acceptors (Lipinski definition) is 6. The lowest BCUT2D eigenvalue weighted by Gasteiger charge is -2.15. The third-order valence-electron chi connectivity index (χ3n) is 7.60. The number of aromatic nitrogens is 2. The molecule has 0 aliphatic carbocycles. The molecule has 0 saturated heterocycles. The quantitative estimate of drug-likeness (QED) is 0.0792. The highest BCUT2D eigenvalue weighted by Crippen LogP contribution is 2.45. The van der Waals surface area contributed by atoms with Gasteiger partial charge in [-0.3, -0.25) is 4.79 Å². The van der Waals surface area contributed by atoms with Gasteiger partial charge in [0, 0.05) is 42.5 Å². The molecule has 1 aliphatic heterocycles. The number of rotatable bonds is 14. The lowest BCUT2D eigenvalue weighted by Crippen LogP contribution is -2.16. The molecule has 2 aromatic heterocycles. The second kappa shape index (κ2) is 16.6. The molecule has 47 heavy (non-hydrogen) atoms. The molecule has 4 aromatic rings. The maximum absolute atomic E-state index is 14.5. The fourth-order valence-electron chi connectivity index (χ4n) is 5.09. The summed E-state index contributed by atoms with van der Waals surface area (Å²) in [7, 11) is 0. The van der Waals surface area contributed by atoms with E-state index < -0.39 is 35.5 Å². The fraction of sp³-hybridized carbons (Fsp3) is 0.343. The maximum Gasteiger partial charge on any atom is 0.341 e. The molecule has 0 amide bonds. The van der Waals surface area contributed by atoms with Crippen LogP contribution < -0.4 is 20.8 Å². The van der Waals surface area contributed by atoms with Gasteiger partial charge in [-0.25, -0.2) is 18.6 Å². The summed E-state index contributed by atoms with van der Waals surface area (Å²) in [5.41, 5.74) is 0.0476. The smallest absolute Gasteiger partial charge is 0.341 e. The van der Waals surface area contributed by atoms with Crippen molar-refractivity contribution in [3.63, 3.8) is 0 Å². The van der Waals surface area contributed by atoms with Crippen molar-refractivity contribution in [2.75, 3.05) is 23.7 Å². The third-order valence-corrected chi connectivity index (χ3v) is 7.60. The molecule has 0 unspecified atom stereocenters. The molecule has 2 aromatic carbocycles. The number of alkyl halides is 2. The van der Waals surface area contributed by atoms with E-state index in [1.807, 2.05) is 0 Å². The van der Waals surface area contributed by atoms with E-state index in [9.17, 15) is 27.2 Å². The van der Waals surface area contributed by atoms with E-state index in [4.69, 9.17) is 9.84 Å². The molecule has 5 rings (SSSR count). The van der Waals surface area contributed by atoms with Gasteiger partial charge in [0.1, 0.15) is 28.5 Å². The number of unbranched alkanes of at least 4 members (excludes halogenated alkanes) is 7. The minimum atomic E-state index is -3.10. The first-order valence-electron chi connectivity index (χ1n) is 15.6. The molecule has 0 bridgehead atoms. The van der Waals surface area contributed by atoms with Crippen LogP contribution in [-0.2, 0) is 5.92 Å². The highest BCUT2D eigenvalue weighted by molar-refractivity contribution is 5.88. The number of carboxylic acid groups (broad SMARTS) is 1. The van der Waals surface area contributed by atoms with Crippen LogP contribution in [0.1, 0.15) is 74.2 Å². The molecule has 12 heteroatoms. The maximum atomic E-state index is 14.5. The third kappa shape index (κ3) is 9.57. The summed E-state index contributed by atoms with van der Waals surface area (Å²) in [5, 5.41) is 14.6. The summed E-state index contributed by atoms with van der Waals surface area (Å²) in [6.45, 7) is 2.44. The average Bonchev–Trinajstić information content (AvgIpc) is 3.37. The summed E-state index contributed by atoms with van der Waals surface area (Å²) in [4.78, 5) is 29.1. The normalized spacial score (nSPS) is 12.8. The highest BCUT2D eigenvalue weighted by atomic mass is 19.3.